The summed E-state index contributed by atoms with van der Waals surface area (Å²) in [5.41, 5.74) is 5.79. The van der Waals surface area contributed by atoms with E-state index in [2.05, 4.69) is 27.7 Å². The van der Waals surface area contributed by atoms with Gasteiger partial charge in [-0.2, -0.15) is 0 Å². The predicted octanol–water partition coefficient (Wildman–Crippen LogP) is 2.14. The van der Waals surface area contributed by atoms with Gasteiger partial charge in [-0.05, 0) is 58.3 Å². The average Bonchev–Trinajstić information content (AvgIpc) is 2.59. The highest BCUT2D eigenvalue weighted by molar-refractivity contribution is 6.62. The highest BCUT2D eigenvalue weighted by Gasteiger charge is 2.51. The first kappa shape index (κ1) is 18.3. The first-order valence-electron chi connectivity index (χ1n) is 7.14. The second kappa shape index (κ2) is 7.01. The fourth-order valence-corrected chi connectivity index (χ4v) is 2.00. The lowest BCUT2D eigenvalue weighted by atomic mass is 9.79. The molecule has 21 heavy (non-hydrogen) atoms. The van der Waals surface area contributed by atoms with Crippen LogP contribution in [0.3, 0.4) is 0 Å². The van der Waals surface area contributed by atoms with Gasteiger partial charge < -0.3 is 19.8 Å². The topological polar surface area (TPSA) is 53.7 Å². The van der Waals surface area contributed by atoms with Crippen LogP contribution in [0.15, 0.2) is 24.3 Å². The molecule has 1 saturated heterocycles. The fraction of sp³-hybridized carbons (Fsp3) is 0.600. The Morgan fingerprint density at radius 3 is 2.33 bits per heavy atom. The first-order valence-corrected chi connectivity index (χ1v) is 7.14. The summed E-state index contributed by atoms with van der Waals surface area (Å²) in [6, 6.07) is 7.86. The van der Waals surface area contributed by atoms with E-state index in [1.54, 1.807) is 0 Å². The number of hydrogen-bond acceptors (Lipinski definition) is 4. The van der Waals surface area contributed by atoms with Crippen molar-refractivity contribution >= 4 is 25.0 Å². The minimum atomic E-state index is -0.349. The molecule has 0 radical (unpaired) electrons. The summed E-state index contributed by atoms with van der Waals surface area (Å²) in [6.45, 7) is 9.46. The molecule has 6 heteroatoms. The van der Waals surface area contributed by atoms with Crippen molar-refractivity contribution in [2.45, 2.75) is 45.3 Å². The number of nitrogens with two attached hydrogens (primary N) is 1. The van der Waals surface area contributed by atoms with Gasteiger partial charge in [0.05, 0.1) is 17.8 Å². The molecule has 0 atom stereocenters. The molecule has 1 heterocycles. The Balaban J connectivity index is 0.00000220. The van der Waals surface area contributed by atoms with E-state index in [0.717, 1.165) is 17.6 Å². The molecule has 1 aromatic carbocycles. The van der Waals surface area contributed by atoms with Crippen LogP contribution in [0.1, 0.15) is 34.1 Å². The van der Waals surface area contributed by atoms with Gasteiger partial charge in [0.15, 0.2) is 0 Å². The summed E-state index contributed by atoms with van der Waals surface area (Å²) in [6.07, 6.45) is 0.848. The van der Waals surface area contributed by atoms with Gasteiger partial charge in [0.25, 0.3) is 0 Å². The Labute approximate surface area is 133 Å². The van der Waals surface area contributed by atoms with Gasteiger partial charge in [-0.25, -0.2) is 0 Å². The van der Waals surface area contributed by atoms with Crippen molar-refractivity contribution in [3.63, 3.8) is 0 Å². The largest absolute Gasteiger partial charge is 0.494 e. The zero-order valence-corrected chi connectivity index (χ0v) is 14.0. The van der Waals surface area contributed by atoms with E-state index in [4.69, 9.17) is 19.8 Å². The lowest BCUT2D eigenvalue weighted by Crippen LogP contribution is -2.41. The summed E-state index contributed by atoms with van der Waals surface area (Å²) < 4.78 is 17.7. The molecule has 0 amide bonds. The monoisotopic (exact) mass is 313 g/mol. The van der Waals surface area contributed by atoms with Crippen LogP contribution in [0.4, 0.5) is 0 Å². The van der Waals surface area contributed by atoms with Crippen molar-refractivity contribution < 1.29 is 14.0 Å². The van der Waals surface area contributed by atoms with Crippen molar-refractivity contribution in [3.8, 4) is 5.75 Å². The Bertz CT molecular complexity index is 452. The maximum atomic E-state index is 6.03. The van der Waals surface area contributed by atoms with Crippen molar-refractivity contribution in [1.82, 2.24) is 0 Å². The third-order valence-corrected chi connectivity index (χ3v) is 4.00. The number of ether oxygens (including phenoxy) is 1. The molecule has 0 unspecified atom stereocenters. The van der Waals surface area contributed by atoms with Gasteiger partial charge in [-0.15, -0.1) is 12.4 Å². The molecule has 2 rings (SSSR count). The van der Waals surface area contributed by atoms with Gasteiger partial charge in [0.2, 0.25) is 0 Å². The average molecular weight is 314 g/mol. The lowest BCUT2D eigenvalue weighted by molar-refractivity contribution is 0.00578. The Kier molecular flexibility index (Phi) is 6.11. The molecule has 4 nitrogen and oxygen atoms in total. The van der Waals surface area contributed by atoms with E-state index in [1.165, 1.54) is 0 Å². The van der Waals surface area contributed by atoms with Gasteiger partial charge in [0, 0.05) is 0 Å². The highest BCUT2D eigenvalue weighted by Crippen LogP contribution is 2.36. The van der Waals surface area contributed by atoms with Crippen LogP contribution in [0.25, 0.3) is 0 Å². The zero-order valence-electron chi connectivity index (χ0n) is 13.2. The molecule has 118 valence electrons. The predicted molar refractivity (Wildman–Crippen MR) is 88.6 cm³/mol. The molecule has 1 aliphatic heterocycles. The summed E-state index contributed by atoms with van der Waals surface area (Å²) in [5.74, 6) is 0.825. The van der Waals surface area contributed by atoms with Gasteiger partial charge in [-0.3, -0.25) is 0 Å². The van der Waals surface area contributed by atoms with E-state index in [9.17, 15) is 0 Å². The summed E-state index contributed by atoms with van der Waals surface area (Å²) in [7, 11) is -0.349. The van der Waals surface area contributed by atoms with Crippen molar-refractivity contribution in [3.05, 3.63) is 24.3 Å². The Hall–Kier alpha value is -0.745. The molecule has 0 bridgehead atoms. The van der Waals surface area contributed by atoms with E-state index < -0.39 is 0 Å². The SMILES string of the molecule is CC1(C)OB(c2cccc(OCCCN)c2)OC1(C)C.Cl. The van der Waals surface area contributed by atoms with Crippen LogP contribution in [0.5, 0.6) is 5.75 Å². The van der Waals surface area contributed by atoms with Crippen LogP contribution in [0, 0.1) is 0 Å². The molecular weight excluding hydrogens is 288 g/mol. The minimum absolute atomic E-state index is 0. The number of rotatable bonds is 5. The van der Waals surface area contributed by atoms with Crippen LogP contribution in [-0.2, 0) is 9.31 Å². The normalized spacial score (nSPS) is 19.2. The maximum Gasteiger partial charge on any atom is 0.494 e. The Morgan fingerprint density at radius 2 is 1.76 bits per heavy atom. The molecule has 1 aromatic rings. The molecule has 2 N–H and O–H groups in total. The maximum absolute atomic E-state index is 6.03. The van der Waals surface area contributed by atoms with E-state index in [-0.39, 0.29) is 30.7 Å². The van der Waals surface area contributed by atoms with E-state index >= 15 is 0 Å². The lowest BCUT2D eigenvalue weighted by Gasteiger charge is -2.32. The highest BCUT2D eigenvalue weighted by atomic mass is 35.5. The minimum Gasteiger partial charge on any atom is -0.494 e. The van der Waals surface area contributed by atoms with Crippen molar-refractivity contribution in [2.24, 2.45) is 5.73 Å². The summed E-state index contributed by atoms with van der Waals surface area (Å²) in [4.78, 5) is 0. The van der Waals surface area contributed by atoms with Crippen molar-refractivity contribution in [1.29, 1.82) is 0 Å². The van der Waals surface area contributed by atoms with Crippen LogP contribution in [-0.4, -0.2) is 31.5 Å². The van der Waals surface area contributed by atoms with E-state index in [1.807, 2.05) is 24.3 Å². The number of hydrogen-bond donors (Lipinski definition) is 1. The second-order valence-electron chi connectivity index (χ2n) is 6.15. The van der Waals surface area contributed by atoms with Crippen LogP contribution >= 0.6 is 12.4 Å². The van der Waals surface area contributed by atoms with Gasteiger partial charge in [-0.1, -0.05) is 12.1 Å². The van der Waals surface area contributed by atoms with E-state index in [0.29, 0.717) is 13.2 Å². The molecule has 0 spiro atoms. The molecule has 0 saturated carbocycles. The van der Waals surface area contributed by atoms with Gasteiger partial charge in [0.1, 0.15) is 5.75 Å². The van der Waals surface area contributed by atoms with Crippen LogP contribution in [0.2, 0.25) is 0 Å². The third-order valence-electron chi connectivity index (χ3n) is 4.00. The molecule has 0 aromatic heterocycles. The smallest absolute Gasteiger partial charge is 0.494 e. The molecule has 0 aliphatic carbocycles. The quantitative estimate of drug-likeness (QED) is 0.668. The Morgan fingerprint density at radius 1 is 1.14 bits per heavy atom. The fourth-order valence-electron chi connectivity index (χ4n) is 2.00. The summed E-state index contributed by atoms with van der Waals surface area (Å²) >= 11 is 0. The molecule has 1 fully saturated rings. The summed E-state index contributed by atoms with van der Waals surface area (Å²) in [5, 5.41) is 0. The number of benzene rings is 1. The molecule has 1 aliphatic rings. The standard InChI is InChI=1S/C15H24BNO3.ClH/c1-14(2)15(3,4)20-16(19-14)12-7-5-8-13(11-12)18-10-6-9-17;/h5,7-8,11H,6,9-10,17H2,1-4H3;1H. The molecular formula is C15H25BClNO3. The second-order valence-corrected chi connectivity index (χ2v) is 6.15. The third kappa shape index (κ3) is 4.13. The van der Waals surface area contributed by atoms with Crippen LogP contribution < -0.4 is 15.9 Å². The van der Waals surface area contributed by atoms with Crippen molar-refractivity contribution in [2.75, 3.05) is 13.2 Å². The zero-order chi connectivity index (χ0) is 14.8. The van der Waals surface area contributed by atoms with Gasteiger partial charge >= 0.3 is 7.12 Å². The number of halogens is 1. The first-order chi connectivity index (χ1) is 9.36.